The van der Waals surface area contributed by atoms with Crippen molar-refractivity contribution in [2.45, 2.75) is 24.5 Å². The van der Waals surface area contributed by atoms with E-state index in [1.54, 1.807) is 24.3 Å². The van der Waals surface area contributed by atoms with Crippen molar-refractivity contribution in [2.75, 3.05) is 12.0 Å². The van der Waals surface area contributed by atoms with E-state index in [1.165, 1.54) is 16.7 Å². The van der Waals surface area contributed by atoms with Gasteiger partial charge in [-0.1, -0.05) is 54.6 Å². The monoisotopic (exact) mass is 466 g/mol. The normalized spacial score (nSPS) is 26.5. The van der Waals surface area contributed by atoms with Crippen molar-refractivity contribution in [3.8, 4) is 0 Å². The van der Waals surface area contributed by atoms with Crippen LogP contribution in [-0.2, 0) is 20.9 Å². The second kappa shape index (κ2) is 8.99. The zero-order valence-electron chi connectivity index (χ0n) is 18.2. The Morgan fingerprint density at radius 3 is 2.39 bits per heavy atom. The number of amides is 2. The van der Waals surface area contributed by atoms with E-state index in [9.17, 15) is 19.5 Å². The van der Waals surface area contributed by atoms with E-state index in [4.69, 9.17) is 11.1 Å². The van der Waals surface area contributed by atoms with E-state index >= 15 is 0 Å². The number of amidine groups is 1. The van der Waals surface area contributed by atoms with Gasteiger partial charge in [0.2, 0.25) is 11.8 Å². The first-order chi connectivity index (χ1) is 15.8. The van der Waals surface area contributed by atoms with Crippen LogP contribution in [-0.4, -0.2) is 51.2 Å². The van der Waals surface area contributed by atoms with Gasteiger partial charge in [0.05, 0.1) is 18.4 Å². The summed E-state index contributed by atoms with van der Waals surface area (Å²) < 4.78 is 0. The lowest BCUT2D eigenvalue weighted by Gasteiger charge is -2.31. The zero-order valence-corrected chi connectivity index (χ0v) is 19.0. The summed E-state index contributed by atoms with van der Waals surface area (Å²) in [5, 5.41) is 21.1. The van der Waals surface area contributed by atoms with E-state index in [-0.39, 0.29) is 24.7 Å². The molecule has 0 radical (unpaired) electrons. The van der Waals surface area contributed by atoms with Crippen molar-refractivity contribution in [3.05, 3.63) is 71.3 Å². The molecular formula is C24H26N4O4S. The predicted molar refractivity (Wildman–Crippen MR) is 126 cm³/mol. The van der Waals surface area contributed by atoms with E-state index < -0.39 is 35.3 Å². The number of nitrogens with zero attached hydrogens (tertiary/aromatic N) is 1. The number of aliphatic carboxylic acids is 1. The molecular weight excluding hydrogens is 440 g/mol. The van der Waals surface area contributed by atoms with E-state index in [0.717, 1.165) is 5.56 Å². The molecule has 0 aromatic heterocycles. The third-order valence-electron chi connectivity index (χ3n) is 6.59. The highest BCUT2D eigenvalue weighted by molar-refractivity contribution is 7.98. The van der Waals surface area contributed by atoms with Gasteiger partial charge < -0.3 is 10.8 Å². The Morgan fingerprint density at radius 1 is 1.15 bits per heavy atom. The molecule has 9 heteroatoms. The van der Waals surface area contributed by atoms with Gasteiger partial charge in [0, 0.05) is 11.6 Å². The minimum Gasteiger partial charge on any atom is -0.480 e. The molecule has 5 N–H and O–H groups in total. The number of thioether (sulfide) groups is 1. The molecule has 2 aliphatic heterocycles. The van der Waals surface area contributed by atoms with E-state index in [1.807, 2.05) is 36.6 Å². The molecule has 0 bridgehead atoms. The van der Waals surface area contributed by atoms with Crippen LogP contribution in [0.4, 0.5) is 0 Å². The molecule has 33 heavy (non-hydrogen) atoms. The van der Waals surface area contributed by atoms with Crippen LogP contribution < -0.4 is 11.1 Å². The molecule has 2 aromatic carbocycles. The summed E-state index contributed by atoms with van der Waals surface area (Å²) in [5.41, 5.74) is 6.03. The number of nitrogens with one attached hydrogen (secondary N) is 2. The van der Waals surface area contributed by atoms with Crippen LogP contribution in [0.2, 0.25) is 0 Å². The van der Waals surface area contributed by atoms with Gasteiger partial charge in [-0.15, -0.1) is 0 Å². The fraction of sp³-hybridized carbons (Fsp3) is 0.333. The molecule has 2 amide bonds. The number of carbonyl (C=O) groups is 3. The summed E-state index contributed by atoms with van der Waals surface area (Å²) in [4.78, 5) is 40.9. The maximum Gasteiger partial charge on any atom is 0.324 e. The smallest absolute Gasteiger partial charge is 0.324 e. The molecule has 0 spiro atoms. The van der Waals surface area contributed by atoms with Crippen LogP contribution in [0.3, 0.4) is 0 Å². The second-order valence-corrected chi connectivity index (χ2v) is 9.41. The number of hydrogen-bond acceptors (Lipinski definition) is 6. The molecule has 0 saturated carbocycles. The predicted octanol–water partition coefficient (Wildman–Crippen LogP) is 1.99. The first-order valence-electron chi connectivity index (χ1n) is 10.6. The molecule has 2 aliphatic rings. The molecule has 0 aliphatic carbocycles. The Balaban J connectivity index is 1.76. The van der Waals surface area contributed by atoms with Gasteiger partial charge in [-0.3, -0.25) is 30.0 Å². The number of carbonyl (C=O) groups excluding carboxylic acids is 2. The first kappa shape index (κ1) is 23.0. The Kier molecular flexibility index (Phi) is 6.27. The van der Waals surface area contributed by atoms with Gasteiger partial charge in [-0.2, -0.15) is 11.8 Å². The molecule has 2 heterocycles. The number of rotatable bonds is 8. The highest BCUT2D eigenvalue weighted by Crippen LogP contribution is 2.50. The number of likely N-dealkylation sites (tertiary alicyclic amines) is 1. The number of benzene rings is 2. The molecule has 172 valence electrons. The van der Waals surface area contributed by atoms with Gasteiger partial charge in [-0.05, 0) is 29.6 Å². The van der Waals surface area contributed by atoms with Crippen LogP contribution in [0.5, 0.6) is 0 Å². The fourth-order valence-electron chi connectivity index (χ4n) is 4.94. The third kappa shape index (κ3) is 3.91. The van der Waals surface area contributed by atoms with Gasteiger partial charge in [-0.25, -0.2) is 0 Å². The highest BCUT2D eigenvalue weighted by atomic mass is 32.2. The quantitative estimate of drug-likeness (QED) is 0.265. The average molecular weight is 467 g/mol. The molecule has 4 rings (SSSR count). The lowest BCUT2D eigenvalue weighted by molar-refractivity contribution is -0.151. The lowest BCUT2D eigenvalue weighted by Crippen LogP contribution is -2.56. The Bertz CT molecular complexity index is 1090. The summed E-state index contributed by atoms with van der Waals surface area (Å²) in [6.45, 7) is 0.111. The number of carboxylic acid groups (broad SMARTS) is 1. The SMILES string of the molecule is CSCCC1(C(=O)O)NC(c2ccc(C(=N)N)cc2)C2C(=O)N(Cc3ccccc3)C(=O)C21. The summed E-state index contributed by atoms with van der Waals surface area (Å²) >= 11 is 1.50. The minimum atomic E-state index is -1.55. The number of fused-ring (bicyclic) bond motifs is 1. The van der Waals surface area contributed by atoms with Crippen molar-refractivity contribution in [1.82, 2.24) is 10.2 Å². The van der Waals surface area contributed by atoms with Crippen molar-refractivity contribution in [3.63, 3.8) is 0 Å². The van der Waals surface area contributed by atoms with Crippen molar-refractivity contribution in [2.24, 2.45) is 17.6 Å². The minimum absolute atomic E-state index is 0.0835. The van der Waals surface area contributed by atoms with Crippen molar-refractivity contribution in [1.29, 1.82) is 5.41 Å². The van der Waals surface area contributed by atoms with Crippen molar-refractivity contribution >= 4 is 35.4 Å². The van der Waals surface area contributed by atoms with Crippen LogP contribution in [0.15, 0.2) is 54.6 Å². The Morgan fingerprint density at radius 2 is 1.82 bits per heavy atom. The highest BCUT2D eigenvalue weighted by Gasteiger charge is 2.68. The van der Waals surface area contributed by atoms with Crippen LogP contribution in [0.1, 0.15) is 29.2 Å². The zero-order chi connectivity index (χ0) is 23.8. The van der Waals surface area contributed by atoms with Crippen LogP contribution >= 0.6 is 11.8 Å². The van der Waals surface area contributed by atoms with Crippen LogP contribution in [0, 0.1) is 17.2 Å². The maximum atomic E-state index is 13.6. The Hall–Kier alpha value is -3.17. The van der Waals surface area contributed by atoms with Gasteiger partial charge in [0.1, 0.15) is 11.4 Å². The molecule has 4 unspecified atom stereocenters. The topological polar surface area (TPSA) is 137 Å². The molecule has 2 saturated heterocycles. The second-order valence-electron chi connectivity index (χ2n) is 8.43. The van der Waals surface area contributed by atoms with Gasteiger partial charge >= 0.3 is 5.97 Å². The number of hydrogen-bond donors (Lipinski definition) is 4. The molecule has 4 atom stereocenters. The van der Waals surface area contributed by atoms with Gasteiger partial charge in [0.15, 0.2) is 0 Å². The maximum absolute atomic E-state index is 13.6. The number of nitrogens with two attached hydrogens (primary N) is 1. The van der Waals surface area contributed by atoms with E-state index in [0.29, 0.717) is 16.9 Å². The Labute approximate surface area is 196 Å². The summed E-state index contributed by atoms with van der Waals surface area (Å²) in [5.74, 6) is -3.34. The molecule has 2 fully saturated rings. The summed E-state index contributed by atoms with van der Waals surface area (Å²) in [6.07, 6.45) is 2.09. The first-order valence-corrected chi connectivity index (χ1v) is 12.0. The summed E-state index contributed by atoms with van der Waals surface area (Å²) in [7, 11) is 0. The standard InChI is InChI=1S/C24H26N4O4S/c1-33-12-11-24(23(31)32)18-17(19(27-24)15-7-9-16(10-8-15)20(25)26)21(29)28(22(18)30)13-14-5-3-2-4-6-14/h2-10,17-19,27H,11-13H2,1H3,(H3,25,26)(H,31,32). The number of nitrogen functional groups attached to an aromatic ring is 1. The van der Waals surface area contributed by atoms with E-state index in [2.05, 4.69) is 5.32 Å². The van der Waals surface area contributed by atoms with Crippen LogP contribution in [0.25, 0.3) is 0 Å². The number of imide groups is 1. The molecule has 8 nitrogen and oxygen atoms in total. The lowest BCUT2D eigenvalue weighted by atomic mass is 9.78. The van der Waals surface area contributed by atoms with Gasteiger partial charge in [0.25, 0.3) is 0 Å². The fourth-order valence-corrected chi connectivity index (χ4v) is 5.46. The average Bonchev–Trinajstić information content (AvgIpc) is 3.28. The largest absolute Gasteiger partial charge is 0.480 e. The third-order valence-corrected chi connectivity index (χ3v) is 7.20. The summed E-state index contributed by atoms with van der Waals surface area (Å²) in [6, 6.07) is 15.3. The number of carboxylic acids is 1. The molecule has 2 aromatic rings. The van der Waals surface area contributed by atoms with Crippen molar-refractivity contribution < 1.29 is 19.5 Å².